The van der Waals surface area contributed by atoms with Crippen molar-refractivity contribution in [2.24, 2.45) is 5.92 Å². The van der Waals surface area contributed by atoms with Gasteiger partial charge in [0, 0.05) is 12.6 Å². The molecule has 0 bridgehead atoms. The average molecular weight is 199 g/mol. The van der Waals surface area contributed by atoms with Gasteiger partial charge >= 0.3 is 0 Å². The second-order valence-electron chi connectivity index (χ2n) is 5.37. The summed E-state index contributed by atoms with van der Waals surface area (Å²) in [7, 11) is 2.15. The summed E-state index contributed by atoms with van der Waals surface area (Å²) >= 11 is 0. The van der Waals surface area contributed by atoms with Crippen molar-refractivity contribution >= 4 is 0 Å². The highest BCUT2D eigenvalue weighted by molar-refractivity contribution is 4.84. The molecule has 1 N–H and O–H groups in total. The van der Waals surface area contributed by atoms with Gasteiger partial charge in [0.1, 0.15) is 0 Å². The van der Waals surface area contributed by atoms with Crippen LogP contribution >= 0.6 is 0 Å². The van der Waals surface area contributed by atoms with E-state index in [0.29, 0.717) is 12.0 Å². The van der Waals surface area contributed by atoms with Crippen molar-refractivity contribution in [3.63, 3.8) is 0 Å². The first-order chi connectivity index (χ1) is 6.43. The lowest BCUT2D eigenvalue weighted by molar-refractivity contribution is -0.0214. The Morgan fingerprint density at radius 1 is 1.36 bits per heavy atom. The fourth-order valence-corrected chi connectivity index (χ4v) is 2.16. The van der Waals surface area contributed by atoms with Gasteiger partial charge in [-0.1, -0.05) is 26.7 Å². The molecule has 0 heterocycles. The Labute approximate surface area is 88.3 Å². The third-order valence-corrected chi connectivity index (χ3v) is 3.76. The first kappa shape index (κ1) is 12.0. The molecule has 2 heteroatoms. The van der Waals surface area contributed by atoms with E-state index in [1.165, 1.54) is 25.7 Å². The molecule has 0 radical (unpaired) electrons. The van der Waals surface area contributed by atoms with E-state index in [1.807, 2.05) is 6.92 Å². The Kier molecular flexibility index (Phi) is 3.96. The standard InChI is InChI=1S/C12H25NO/c1-10(2)12(3,14)9-13(4)11-7-5-6-8-11/h10-11,14H,5-9H2,1-4H3. The van der Waals surface area contributed by atoms with Gasteiger partial charge in [-0.05, 0) is 32.7 Å². The van der Waals surface area contributed by atoms with Crippen LogP contribution in [-0.2, 0) is 0 Å². The summed E-state index contributed by atoms with van der Waals surface area (Å²) in [5.74, 6) is 0.325. The van der Waals surface area contributed by atoms with Crippen LogP contribution in [0.2, 0.25) is 0 Å². The van der Waals surface area contributed by atoms with E-state index < -0.39 is 5.60 Å². The molecule has 1 fully saturated rings. The quantitative estimate of drug-likeness (QED) is 0.751. The Bertz CT molecular complexity index is 171. The maximum absolute atomic E-state index is 10.2. The highest BCUT2D eigenvalue weighted by Gasteiger charge is 2.29. The normalized spacial score (nSPS) is 23.4. The van der Waals surface area contributed by atoms with Gasteiger partial charge in [-0.2, -0.15) is 0 Å². The van der Waals surface area contributed by atoms with Gasteiger partial charge in [-0.3, -0.25) is 0 Å². The van der Waals surface area contributed by atoms with Gasteiger partial charge in [-0.15, -0.1) is 0 Å². The van der Waals surface area contributed by atoms with Gasteiger partial charge in [0.2, 0.25) is 0 Å². The van der Waals surface area contributed by atoms with Crippen LogP contribution in [0, 0.1) is 5.92 Å². The van der Waals surface area contributed by atoms with E-state index in [4.69, 9.17) is 0 Å². The molecule has 1 rings (SSSR count). The first-order valence-electron chi connectivity index (χ1n) is 5.86. The van der Waals surface area contributed by atoms with Crippen molar-refractivity contribution < 1.29 is 5.11 Å². The maximum atomic E-state index is 10.2. The number of hydrogen-bond donors (Lipinski definition) is 1. The van der Waals surface area contributed by atoms with Crippen molar-refractivity contribution in [3.8, 4) is 0 Å². The molecule has 1 aliphatic carbocycles. The van der Waals surface area contributed by atoms with E-state index in [9.17, 15) is 5.11 Å². The molecule has 0 aromatic rings. The van der Waals surface area contributed by atoms with Crippen molar-refractivity contribution in [2.45, 2.75) is 58.1 Å². The highest BCUT2D eigenvalue weighted by atomic mass is 16.3. The predicted molar refractivity (Wildman–Crippen MR) is 60.3 cm³/mol. The Morgan fingerprint density at radius 3 is 2.29 bits per heavy atom. The van der Waals surface area contributed by atoms with Crippen molar-refractivity contribution in [2.75, 3.05) is 13.6 Å². The van der Waals surface area contributed by atoms with Gasteiger partial charge < -0.3 is 10.0 Å². The molecule has 0 aromatic carbocycles. The summed E-state index contributed by atoms with van der Waals surface area (Å²) in [4.78, 5) is 2.34. The minimum absolute atomic E-state index is 0.325. The van der Waals surface area contributed by atoms with Crippen LogP contribution in [0.3, 0.4) is 0 Å². The van der Waals surface area contributed by atoms with Crippen molar-refractivity contribution in [1.82, 2.24) is 4.90 Å². The largest absolute Gasteiger partial charge is 0.389 e. The van der Waals surface area contributed by atoms with Crippen LogP contribution in [0.15, 0.2) is 0 Å². The van der Waals surface area contributed by atoms with E-state index in [1.54, 1.807) is 0 Å². The first-order valence-corrected chi connectivity index (χ1v) is 5.86. The molecule has 2 nitrogen and oxygen atoms in total. The Balaban J connectivity index is 2.42. The number of likely N-dealkylation sites (N-methyl/N-ethyl adjacent to an activating group) is 1. The topological polar surface area (TPSA) is 23.5 Å². The lowest BCUT2D eigenvalue weighted by atomic mass is 9.91. The number of aliphatic hydroxyl groups is 1. The number of hydrogen-bond acceptors (Lipinski definition) is 2. The summed E-state index contributed by atoms with van der Waals surface area (Å²) in [6, 6.07) is 0.709. The van der Waals surface area contributed by atoms with Gasteiger partial charge in [0.05, 0.1) is 5.60 Å². The molecule has 0 spiro atoms. The summed E-state index contributed by atoms with van der Waals surface area (Å²) in [5, 5.41) is 10.2. The molecular formula is C12H25NO. The zero-order valence-corrected chi connectivity index (χ0v) is 10.1. The minimum atomic E-state index is -0.544. The fourth-order valence-electron chi connectivity index (χ4n) is 2.16. The molecule has 84 valence electrons. The fraction of sp³-hybridized carbons (Fsp3) is 1.00. The van der Waals surface area contributed by atoms with Gasteiger partial charge in [0.15, 0.2) is 0 Å². The molecule has 0 saturated heterocycles. The van der Waals surface area contributed by atoms with Gasteiger partial charge in [0.25, 0.3) is 0 Å². The molecule has 1 aliphatic rings. The van der Waals surface area contributed by atoms with Crippen LogP contribution in [0.25, 0.3) is 0 Å². The Morgan fingerprint density at radius 2 is 1.86 bits per heavy atom. The van der Waals surface area contributed by atoms with E-state index >= 15 is 0 Å². The van der Waals surface area contributed by atoms with Crippen LogP contribution in [0.1, 0.15) is 46.5 Å². The molecule has 1 atom stereocenters. The minimum Gasteiger partial charge on any atom is -0.389 e. The smallest absolute Gasteiger partial charge is 0.0768 e. The second-order valence-corrected chi connectivity index (χ2v) is 5.37. The molecule has 0 aromatic heterocycles. The monoisotopic (exact) mass is 199 g/mol. The van der Waals surface area contributed by atoms with Crippen LogP contribution in [0.4, 0.5) is 0 Å². The van der Waals surface area contributed by atoms with Crippen molar-refractivity contribution in [3.05, 3.63) is 0 Å². The molecular weight excluding hydrogens is 174 g/mol. The molecule has 0 amide bonds. The highest BCUT2D eigenvalue weighted by Crippen LogP contribution is 2.25. The maximum Gasteiger partial charge on any atom is 0.0768 e. The molecule has 1 saturated carbocycles. The average Bonchev–Trinajstić information content (AvgIpc) is 2.54. The van der Waals surface area contributed by atoms with Crippen molar-refractivity contribution in [1.29, 1.82) is 0 Å². The summed E-state index contributed by atoms with van der Waals surface area (Å²) in [5.41, 5.74) is -0.544. The lowest BCUT2D eigenvalue weighted by Gasteiger charge is -2.35. The third-order valence-electron chi connectivity index (χ3n) is 3.76. The Hall–Kier alpha value is -0.0800. The summed E-state index contributed by atoms with van der Waals surface area (Å²) in [6.45, 7) is 6.92. The van der Waals surface area contributed by atoms with Crippen LogP contribution < -0.4 is 0 Å². The molecule has 14 heavy (non-hydrogen) atoms. The molecule has 0 aliphatic heterocycles. The summed E-state index contributed by atoms with van der Waals surface area (Å²) in [6.07, 6.45) is 5.34. The predicted octanol–water partition coefficient (Wildman–Crippen LogP) is 2.27. The molecule has 1 unspecified atom stereocenters. The van der Waals surface area contributed by atoms with Crippen LogP contribution in [0.5, 0.6) is 0 Å². The number of nitrogens with zero attached hydrogens (tertiary/aromatic N) is 1. The lowest BCUT2D eigenvalue weighted by Crippen LogP contribution is -2.46. The van der Waals surface area contributed by atoms with E-state index in [2.05, 4.69) is 25.8 Å². The number of rotatable bonds is 4. The van der Waals surface area contributed by atoms with Crippen LogP contribution in [-0.4, -0.2) is 35.2 Å². The van der Waals surface area contributed by atoms with Gasteiger partial charge in [-0.25, -0.2) is 0 Å². The van der Waals surface area contributed by atoms with E-state index in [-0.39, 0.29) is 0 Å². The summed E-state index contributed by atoms with van der Waals surface area (Å²) < 4.78 is 0. The second kappa shape index (κ2) is 4.63. The zero-order valence-electron chi connectivity index (χ0n) is 10.1. The third kappa shape index (κ3) is 2.96. The zero-order chi connectivity index (χ0) is 10.8. The SMILES string of the molecule is CC(C)C(C)(O)CN(C)C1CCCC1. The van der Waals surface area contributed by atoms with E-state index in [0.717, 1.165) is 6.54 Å².